The van der Waals surface area contributed by atoms with Gasteiger partial charge in [0.25, 0.3) is 0 Å². The topological polar surface area (TPSA) is 29.5 Å². The number of rotatable bonds is 6. The van der Waals surface area contributed by atoms with Crippen LogP contribution in [0, 0.1) is 0 Å². The van der Waals surface area contributed by atoms with Gasteiger partial charge in [-0.25, -0.2) is 0 Å². The average molecular weight is 241 g/mol. The second-order valence-electron chi connectivity index (χ2n) is 3.86. The van der Waals surface area contributed by atoms with Crippen LogP contribution in [-0.2, 0) is 9.53 Å². The Hall–Kier alpha value is -0.780. The van der Waals surface area contributed by atoms with E-state index in [1.807, 2.05) is 13.8 Å². The monoisotopic (exact) mass is 241 g/mol. The molecular weight excluding hydrogens is 223 g/mol. The smallest absolute Gasteiger partial charge is 0.389 e. The van der Waals surface area contributed by atoms with Crippen LogP contribution in [0.5, 0.6) is 0 Å². The van der Waals surface area contributed by atoms with E-state index < -0.39 is 18.6 Å². The van der Waals surface area contributed by atoms with Crippen LogP contribution in [0.4, 0.5) is 13.2 Å². The molecule has 0 spiro atoms. The van der Waals surface area contributed by atoms with Gasteiger partial charge in [0.1, 0.15) is 0 Å². The van der Waals surface area contributed by atoms with Crippen molar-refractivity contribution in [2.75, 3.05) is 20.2 Å². The molecule has 0 unspecified atom stereocenters. The largest absolute Gasteiger partial charge is 0.468 e. The summed E-state index contributed by atoms with van der Waals surface area (Å²) < 4.78 is 40.3. The van der Waals surface area contributed by atoms with Crippen molar-refractivity contribution in [3.63, 3.8) is 0 Å². The molecule has 0 aromatic rings. The van der Waals surface area contributed by atoms with Crippen LogP contribution >= 0.6 is 0 Å². The number of esters is 1. The Morgan fingerprint density at radius 3 is 2.31 bits per heavy atom. The quantitative estimate of drug-likeness (QED) is 0.668. The van der Waals surface area contributed by atoms with Crippen molar-refractivity contribution in [1.29, 1.82) is 0 Å². The third kappa shape index (κ3) is 7.50. The van der Waals surface area contributed by atoms with Gasteiger partial charge in [0.2, 0.25) is 0 Å². The number of halogens is 3. The molecule has 6 heteroatoms. The van der Waals surface area contributed by atoms with Crippen LogP contribution in [0.25, 0.3) is 0 Å². The molecule has 3 nitrogen and oxygen atoms in total. The van der Waals surface area contributed by atoms with E-state index in [9.17, 15) is 18.0 Å². The molecule has 0 aromatic carbocycles. The number of hydrogen-bond acceptors (Lipinski definition) is 3. The third-order valence-corrected chi connectivity index (χ3v) is 2.20. The summed E-state index contributed by atoms with van der Waals surface area (Å²) in [5, 5.41) is 0. The summed E-state index contributed by atoms with van der Waals surface area (Å²) in [7, 11) is 1.26. The molecule has 0 N–H and O–H groups in total. The highest BCUT2D eigenvalue weighted by atomic mass is 19.4. The van der Waals surface area contributed by atoms with E-state index in [2.05, 4.69) is 4.74 Å². The molecule has 0 heterocycles. The van der Waals surface area contributed by atoms with Gasteiger partial charge < -0.3 is 4.74 Å². The standard InChI is InChI=1S/C10H18F3NO2/c1-8(2)14(7-9(15)16-3)6-4-5-10(11,12)13/h8H,4-7H2,1-3H3. The molecule has 0 aliphatic carbocycles. The highest BCUT2D eigenvalue weighted by Crippen LogP contribution is 2.21. The Morgan fingerprint density at radius 2 is 1.94 bits per heavy atom. The lowest BCUT2D eigenvalue weighted by molar-refractivity contribution is -0.143. The third-order valence-electron chi connectivity index (χ3n) is 2.20. The van der Waals surface area contributed by atoms with Gasteiger partial charge >= 0.3 is 12.1 Å². The maximum absolute atomic E-state index is 11.9. The molecule has 0 atom stereocenters. The van der Waals surface area contributed by atoms with Crippen molar-refractivity contribution >= 4 is 5.97 Å². The Bertz CT molecular complexity index is 217. The van der Waals surface area contributed by atoms with E-state index >= 15 is 0 Å². The van der Waals surface area contributed by atoms with Gasteiger partial charge in [-0.3, -0.25) is 9.69 Å². The van der Waals surface area contributed by atoms with E-state index in [0.29, 0.717) is 0 Å². The van der Waals surface area contributed by atoms with Gasteiger partial charge in [-0.1, -0.05) is 0 Å². The number of nitrogens with zero attached hydrogens (tertiary/aromatic N) is 1. The highest BCUT2D eigenvalue weighted by Gasteiger charge is 2.27. The van der Waals surface area contributed by atoms with Crippen LogP contribution in [0.1, 0.15) is 26.7 Å². The summed E-state index contributed by atoms with van der Waals surface area (Å²) in [5.74, 6) is -0.430. The number of hydrogen-bond donors (Lipinski definition) is 0. The molecule has 16 heavy (non-hydrogen) atoms. The summed E-state index contributed by atoms with van der Waals surface area (Å²) in [5.41, 5.74) is 0. The Balaban J connectivity index is 4.00. The van der Waals surface area contributed by atoms with Crippen molar-refractivity contribution in [3.05, 3.63) is 0 Å². The lowest BCUT2D eigenvalue weighted by Crippen LogP contribution is -2.37. The van der Waals surface area contributed by atoms with Gasteiger partial charge in [0.15, 0.2) is 0 Å². The Kier molecular flexibility index (Phi) is 6.40. The minimum Gasteiger partial charge on any atom is -0.468 e. The second kappa shape index (κ2) is 6.73. The number of alkyl halides is 3. The van der Waals surface area contributed by atoms with Crippen molar-refractivity contribution in [3.8, 4) is 0 Å². The van der Waals surface area contributed by atoms with Crippen LogP contribution in [0.3, 0.4) is 0 Å². The molecule has 0 radical (unpaired) electrons. The van der Waals surface area contributed by atoms with Gasteiger partial charge in [-0.15, -0.1) is 0 Å². The summed E-state index contributed by atoms with van der Waals surface area (Å²) in [6, 6.07) is 0.0207. The van der Waals surface area contributed by atoms with Crippen LogP contribution in [0.2, 0.25) is 0 Å². The molecule has 0 saturated carbocycles. The first-order valence-electron chi connectivity index (χ1n) is 5.14. The number of carbonyl (C=O) groups excluding carboxylic acids is 1. The lowest BCUT2D eigenvalue weighted by Gasteiger charge is -2.25. The normalized spacial score (nSPS) is 12.2. The van der Waals surface area contributed by atoms with Crippen molar-refractivity contribution in [1.82, 2.24) is 4.90 Å². The fraction of sp³-hybridized carbons (Fsp3) is 0.900. The van der Waals surface area contributed by atoms with E-state index in [0.717, 1.165) is 0 Å². The molecule has 0 bridgehead atoms. The number of ether oxygens (including phenoxy) is 1. The SMILES string of the molecule is COC(=O)CN(CCCC(F)(F)F)C(C)C. The van der Waals surface area contributed by atoms with Crippen molar-refractivity contribution in [2.45, 2.75) is 38.9 Å². The van der Waals surface area contributed by atoms with Crippen LogP contribution < -0.4 is 0 Å². The fourth-order valence-corrected chi connectivity index (χ4v) is 1.23. The van der Waals surface area contributed by atoms with E-state index in [4.69, 9.17) is 0 Å². The maximum atomic E-state index is 11.9. The maximum Gasteiger partial charge on any atom is 0.389 e. The molecule has 0 aliphatic rings. The predicted octanol–water partition coefficient (Wildman–Crippen LogP) is 2.21. The number of methoxy groups -OCH3 is 1. The van der Waals surface area contributed by atoms with E-state index in [1.165, 1.54) is 7.11 Å². The van der Waals surface area contributed by atoms with Gasteiger partial charge in [-0.2, -0.15) is 13.2 Å². The minimum atomic E-state index is -4.13. The summed E-state index contributed by atoms with van der Waals surface area (Å²) in [6.45, 7) is 3.94. The van der Waals surface area contributed by atoms with Crippen molar-refractivity contribution < 1.29 is 22.7 Å². The molecular formula is C10H18F3NO2. The fourth-order valence-electron chi connectivity index (χ4n) is 1.23. The zero-order valence-electron chi connectivity index (χ0n) is 9.80. The van der Waals surface area contributed by atoms with Gasteiger partial charge in [0, 0.05) is 12.5 Å². The first-order chi connectivity index (χ1) is 7.26. The van der Waals surface area contributed by atoms with E-state index in [-0.39, 0.29) is 25.6 Å². The Morgan fingerprint density at radius 1 is 1.38 bits per heavy atom. The number of carbonyl (C=O) groups is 1. The minimum absolute atomic E-state index is 0.00132. The van der Waals surface area contributed by atoms with Crippen LogP contribution in [0.15, 0.2) is 0 Å². The molecule has 96 valence electrons. The van der Waals surface area contributed by atoms with Crippen molar-refractivity contribution in [2.24, 2.45) is 0 Å². The zero-order valence-corrected chi connectivity index (χ0v) is 9.80. The molecule has 0 rings (SSSR count). The average Bonchev–Trinajstić information content (AvgIpc) is 2.13. The van der Waals surface area contributed by atoms with Gasteiger partial charge in [0.05, 0.1) is 13.7 Å². The summed E-state index contributed by atoms with van der Waals surface area (Å²) in [4.78, 5) is 12.7. The molecule has 0 aromatic heterocycles. The predicted molar refractivity (Wildman–Crippen MR) is 54.0 cm³/mol. The molecule has 0 amide bonds. The van der Waals surface area contributed by atoms with Crippen LogP contribution in [-0.4, -0.2) is 43.3 Å². The second-order valence-corrected chi connectivity index (χ2v) is 3.86. The summed E-state index contributed by atoms with van der Waals surface area (Å²) >= 11 is 0. The first-order valence-corrected chi connectivity index (χ1v) is 5.14. The zero-order chi connectivity index (χ0) is 12.8. The van der Waals surface area contributed by atoms with E-state index in [1.54, 1.807) is 4.90 Å². The first kappa shape index (κ1) is 15.2. The molecule has 0 saturated heterocycles. The molecule has 0 aliphatic heterocycles. The Labute approximate surface area is 93.6 Å². The highest BCUT2D eigenvalue weighted by molar-refractivity contribution is 5.71. The lowest BCUT2D eigenvalue weighted by atomic mass is 10.2. The summed E-state index contributed by atoms with van der Waals surface area (Å²) in [6.07, 6.45) is -4.95. The molecule has 0 fully saturated rings. The van der Waals surface area contributed by atoms with Gasteiger partial charge in [-0.05, 0) is 26.8 Å².